The SMILES string of the molecule is Nc1cc(F)c(Oc2cc(F)cc(F)c2)cc1C(=O)O. The van der Waals surface area contributed by atoms with E-state index in [1.807, 2.05) is 0 Å². The number of nitrogens with two attached hydrogens (primary N) is 1. The minimum Gasteiger partial charge on any atom is -0.478 e. The maximum Gasteiger partial charge on any atom is 0.337 e. The molecule has 0 aliphatic heterocycles. The van der Waals surface area contributed by atoms with Crippen LogP contribution in [0.3, 0.4) is 0 Å². The van der Waals surface area contributed by atoms with E-state index in [-0.39, 0.29) is 17.0 Å². The third-order valence-electron chi connectivity index (χ3n) is 2.40. The molecule has 0 saturated carbocycles. The zero-order valence-electron chi connectivity index (χ0n) is 9.86. The molecule has 0 atom stereocenters. The van der Waals surface area contributed by atoms with Crippen molar-refractivity contribution in [2.24, 2.45) is 0 Å². The van der Waals surface area contributed by atoms with E-state index in [0.29, 0.717) is 6.07 Å². The van der Waals surface area contributed by atoms with Crippen molar-refractivity contribution < 1.29 is 27.8 Å². The number of carbonyl (C=O) groups is 1. The van der Waals surface area contributed by atoms with Gasteiger partial charge in [0, 0.05) is 36.0 Å². The van der Waals surface area contributed by atoms with Gasteiger partial charge in [-0.05, 0) is 0 Å². The molecule has 0 radical (unpaired) electrons. The maximum absolute atomic E-state index is 13.6. The summed E-state index contributed by atoms with van der Waals surface area (Å²) in [7, 11) is 0. The monoisotopic (exact) mass is 283 g/mol. The van der Waals surface area contributed by atoms with Gasteiger partial charge in [0.25, 0.3) is 0 Å². The van der Waals surface area contributed by atoms with Crippen LogP contribution in [0.2, 0.25) is 0 Å². The molecule has 0 saturated heterocycles. The van der Waals surface area contributed by atoms with Gasteiger partial charge in [0.05, 0.1) is 5.56 Å². The number of carboxylic acid groups (broad SMARTS) is 1. The van der Waals surface area contributed by atoms with Crippen LogP contribution < -0.4 is 10.5 Å². The second-order valence-electron chi connectivity index (χ2n) is 3.88. The minimum atomic E-state index is -1.38. The van der Waals surface area contributed by atoms with Crippen LogP contribution in [0.15, 0.2) is 30.3 Å². The van der Waals surface area contributed by atoms with Crippen molar-refractivity contribution in [3.8, 4) is 11.5 Å². The molecule has 0 aliphatic carbocycles. The Bertz CT molecular complexity index is 669. The van der Waals surface area contributed by atoms with Crippen molar-refractivity contribution in [3.05, 3.63) is 53.3 Å². The molecular weight excluding hydrogens is 275 g/mol. The van der Waals surface area contributed by atoms with E-state index in [0.717, 1.165) is 24.3 Å². The van der Waals surface area contributed by atoms with E-state index in [4.69, 9.17) is 15.6 Å². The van der Waals surface area contributed by atoms with Gasteiger partial charge in [-0.15, -0.1) is 0 Å². The number of carboxylic acids is 1. The number of ether oxygens (including phenoxy) is 1. The van der Waals surface area contributed by atoms with Crippen LogP contribution in [0.4, 0.5) is 18.9 Å². The van der Waals surface area contributed by atoms with Crippen molar-refractivity contribution >= 4 is 11.7 Å². The Morgan fingerprint density at radius 3 is 2.20 bits per heavy atom. The topological polar surface area (TPSA) is 72.5 Å². The summed E-state index contributed by atoms with van der Waals surface area (Å²) in [6, 6.07) is 3.89. The smallest absolute Gasteiger partial charge is 0.337 e. The fourth-order valence-electron chi connectivity index (χ4n) is 1.55. The lowest BCUT2D eigenvalue weighted by Crippen LogP contribution is -2.04. The molecule has 0 heterocycles. The predicted octanol–water partition coefficient (Wildman–Crippen LogP) is 3.18. The molecule has 3 N–H and O–H groups in total. The predicted molar refractivity (Wildman–Crippen MR) is 64.2 cm³/mol. The summed E-state index contributed by atoms with van der Waals surface area (Å²) in [5, 5.41) is 8.86. The molecule has 0 aliphatic rings. The third-order valence-corrected chi connectivity index (χ3v) is 2.40. The van der Waals surface area contributed by atoms with Gasteiger partial charge in [-0.1, -0.05) is 0 Å². The van der Waals surface area contributed by atoms with Gasteiger partial charge in [0.15, 0.2) is 11.6 Å². The van der Waals surface area contributed by atoms with Crippen LogP contribution in [-0.2, 0) is 0 Å². The molecule has 4 nitrogen and oxygen atoms in total. The second kappa shape index (κ2) is 5.12. The summed E-state index contributed by atoms with van der Waals surface area (Å²) >= 11 is 0. The highest BCUT2D eigenvalue weighted by Gasteiger charge is 2.15. The molecule has 2 aromatic carbocycles. The molecule has 7 heteroatoms. The van der Waals surface area contributed by atoms with Crippen LogP contribution in [0, 0.1) is 17.5 Å². The van der Waals surface area contributed by atoms with Crippen molar-refractivity contribution in [2.45, 2.75) is 0 Å². The average molecular weight is 283 g/mol. The van der Waals surface area contributed by atoms with Gasteiger partial charge in [-0.25, -0.2) is 18.0 Å². The van der Waals surface area contributed by atoms with Crippen LogP contribution in [-0.4, -0.2) is 11.1 Å². The van der Waals surface area contributed by atoms with E-state index in [1.165, 1.54) is 0 Å². The largest absolute Gasteiger partial charge is 0.478 e. The first-order valence-corrected chi connectivity index (χ1v) is 5.33. The van der Waals surface area contributed by atoms with E-state index < -0.39 is 29.2 Å². The number of halogens is 3. The quantitative estimate of drug-likeness (QED) is 0.848. The molecule has 0 bridgehead atoms. The lowest BCUT2D eigenvalue weighted by Gasteiger charge is -2.09. The summed E-state index contributed by atoms with van der Waals surface area (Å²) in [6.07, 6.45) is 0. The van der Waals surface area contributed by atoms with Gasteiger partial charge in [-0.2, -0.15) is 0 Å². The van der Waals surface area contributed by atoms with Crippen LogP contribution >= 0.6 is 0 Å². The zero-order valence-corrected chi connectivity index (χ0v) is 9.86. The van der Waals surface area contributed by atoms with Crippen LogP contribution in [0.1, 0.15) is 10.4 Å². The first-order valence-electron chi connectivity index (χ1n) is 5.33. The Kier molecular flexibility index (Phi) is 3.51. The molecule has 0 unspecified atom stereocenters. The summed E-state index contributed by atoms with van der Waals surface area (Å²) in [5.41, 5.74) is 4.68. The number of hydrogen-bond acceptors (Lipinski definition) is 3. The fraction of sp³-hybridized carbons (Fsp3) is 0. The number of hydrogen-bond donors (Lipinski definition) is 2. The second-order valence-corrected chi connectivity index (χ2v) is 3.88. The highest BCUT2D eigenvalue weighted by atomic mass is 19.1. The molecule has 0 aromatic heterocycles. The third kappa shape index (κ3) is 2.82. The standard InChI is InChI=1S/C13H8F3NO3/c14-6-1-7(15)3-8(2-6)20-12-4-9(13(18)19)11(17)5-10(12)16/h1-5H,17H2,(H,18,19). The minimum absolute atomic E-state index is 0.284. The van der Waals surface area contributed by atoms with Crippen molar-refractivity contribution in [1.29, 1.82) is 0 Å². The Balaban J connectivity index is 2.42. The zero-order chi connectivity index (χ0) is 14.9. The number of anilines is 1. The number of nitrogen functional groups attached to an aromatic ring is 1. The summed E-state index contributed by atoms with van der Waals surface area (Å²) in [4.78, 5) is 10.9. The molecule has 0 fully saturated rings. The molecule has 2 rings (SSSR count). The first kappa shape index (κ1) is 13.7. The average Bonchev–Trinajstić information content (AvgIpc) is 2.30. The van der Waals surface area contributed by atoms with E-state index in [1.54, 1.807) is 0 Å². The Labute approximate surface area is 111 Å². The highest BCUT2D eigenvalue weighted by molar-refractivity contribution is 5.94. The van der Waals surface area contributed by atoms with Gasteiger partial charge < -0.3 is 15.6 Å². The molecule has 104 valence electrons. The van der Waals surface area contributed by atoms with Gasteiger partial charge in [-0.3, -0.25) is 0 Å². The normalized spacial score (nSPS) is 10.3. The molecular formula is C13H8F3NO3. The van der Waals surface area contributed by atoms with Crippen molar-refractivity contribution in [2.75, 3.05) is 5.73 Å². The Morgan fingerprint density at radius 1 is 1.05 bits per heavy atom. The van der Waals surface area contributed by atoms with Gasteiger partial charge >= 0.3 is 5.97 Å². The van der Waals surface area contributed by atoms with Crippen LogP contribution in [0.5, 0.6) is 11.5 Å². The summed E-state index contributed by atoms with van der Waals surface area (Å²) in [6.45, 7) is 0. The Hall–Kier alpha value is -2.70. The van der Waals surface area contributed by atoms with E-state index >= 15 is 0 Å². The highest BCUT2D eigenvalue weighted by Crippen LogP contribution is 2.29. The van der Waals surface area contributed by atoms with Crippen molar-refractivity contribution in [3.63, 3.8) is 0 Å². The number of rotatable bonds is 3. The van der Waals surface area contributed by atoms with Gasteiger partial charge in [0.1, 0.15) is 17.4 Å². The molecule has 2 aromatic rings. The number of aromatic carboxylic acids is 1. The summed E-state index contributed by atoms with van der Waals surface area (Å²) < 4.78 is 44.5. The molecule has 0 spiro atoms. The Morgan fingerprint density at radius 2 is 1.65 bits per heavy atom. The van der Waals surface area contributed by atoms with Crippen molar-refractivity contribution in [1.82, 2.24) is 0 Å². The molecule has 0 amide bonds. The van der Waals surface area contributed by atoms with Gasteiger partial charge in [0.2, 0.25) is 0 Å². The van der Waals surface area contributed by atoms with Crippen LogP contribution in [0.25, 0.3) is 0 Å². The van der Waals surface area contributed by atoms with E-state index in [2.05, 4.69) is 0 Å². The summed E-state index contributed by atoms with van der Waals surface area (Å²) in [5.74, 6) is -4.94. The lowest BCUT2D eigenvalue weighted by atomic mass is 10.1. The lowest BCUT2D eigenvalue weighted by molar-refractivity contribution is 0.0697. The fourth-order valence-corrected chi connectivity index (χ4v) is 1.55. The maximum atomic E-state index is 13.6. The first-order chi connectivity index (χ1) is 9.36. The molecule has 20 heavy (non-hydrogen) atoms. The van der Waals surface area contributed by atoms with E-state index in [9.17, 15) is 18.0 Å². The number of benzene rings is 2.